The first-order chi connectivity index (χ1) is 9.71. The van der Waals surface area contributed by atoms with Gasteiger partial charge in [0.2, 0.25) is 0 Å². The van der Waals surface area contributed by atoms with E-state index in [-0.39, 0.29) is 6.61 Å². The van der Waals surface area contributed by atoms with Gasteiger partial charge in [-0.3, -0.25) is 0 Å². The fourth-order valence-electron chi connectivity index (χ4n) is 2.26. The second-order valence-electron chi connectivity index (χ2n) is 5.07. The van der Waals surface area contributed by atoms with E-state index in [1.165, 1.54) is 0 Å². The van der Waals surface area contributed by atoms with Gasteiger partial charge < -0.3 is 15.5 Å². The second kappa shape index (κ2) is 9.49. The lowest BCUT2D eigenvalue weighted by Gasteiger charge is -2.18. The van der Waals surface area contributed by atoms with Crippen LogP contribution in [0.4, 0.5) is 0 Å². The molecular weight excluding hydrogens is 252 g/mol. The molecule has 2 atom stereocenters. The number of nitrogens with zero attached hydrogens (tertiary/aromatic N) is 1. The fourth-order valence-corrected chi connectivity index (χ4v) is 2.26. The lowest BCUT2D eigenvalue weighted by molar-refractivity contribution is 0.170. The first kappa shape index (κ1) is 16.6. The molecule has 0 amide bonds. The summed E-state index contributed by atoms with van der Waals surface area (Å²) in [6, 6.07) is 9.04. The number of nitriles is 1. The van der Waals surface area contributed by atoms with Crippen LogP contribution in [0, 0.1) is 17.2 Å². The van der Waals surface area contributed by atoms with Crippen molar-refractivity contribution in [3.8, 4) is 6.07 Å². The van der Waals surface area contributed by atoms with Crippen molar-refractivity contribution in [2.45, 2.75) is 32.3 Å². The summed E-state index contributed by atoms with van der Waals surface area (Å²) in [5.41, 5.74) is 1.41. The van der Waals surface area contributed by atoms with Crippen LogP contribution in [0.1, 0.15) is 43.4 Å². The van der Waals surface area contributed by atoms with Gasteiger partial charge in [-0.25, -0.2) is 0 Å². The van der Waals surface area contributed by atoms with E-state index in [1.54, 1.807) is 24.3 Å². The van der Waals surface area contributed by atoms with Gasteiger partial charge in [0.1, 0.15) is 0 Å². The first-order valence-electron chi connectivity index (χ1n) is 7.21. The molecule has 110 valence electrons. The number of hydrogen-bond donors (Lipinski definition) is 3. The molecule has 0 saturated heterocycles. The summed E-state index contributed by atoms with van der Waals surface area (Å²) in [7, 11) is 0. The Labute approximate surface area is 121 Å². The molecule has 0 aromatic heterocycles. The number of nitrogens with one attached hydrogen (secondary N) is 1. The maximum Gasteiger partial charge on any atom is 0.0991 e. The van der Waals surface area contributed by atoms with Gasteiger partial charge in [0, 0.05) is 13.2 Å². The number of aliphatic hydroxyl groups is 2. The third-order valence-electron chi connectivity index (χ3n) is 3.43. The number of hydrogen-bond acceptors (Lipinski definition) is 4. The van der Waals surface area contributed by atoms with Gasteiger partial charge in [0.25, 0.3) is 0 Å². The molecule has 4 nitrogen and oxygen atoms in total. The zero-order chi connectivity index (χ0) is 14.8. The standard InChI is InChI=1S/C16H24N2O2/c1-2-3-14(8-9-19)11-18-12-16(20)15-6-4-13(10-17)5-7-15/h4-7,14,16,18-20H,2-3,8-9,11-12H2,1H3. The third kappa shape index (κ3) is 5.70. The highest BCUT2D eigenvalue weighted by Gasteiger charge is 2.10. The molecule has 0 aliphatic heterocycles. The second-order valence-corrected chi connectivity index (χ2v) is 5.07. The van der Waals surface area contributed by atoms with E-state index in [4.69, 9.17) is 10.4 Å². The predicted molar refractivity (Wildman–Crippen MR) is 79.1 cm³/mol. The van der Waals surface area contributed by atoms with Crippen LogP contribution in [0.2, 0.25) is 0 Å². The largest absolute Gasteiger partial charge is 0.396 e. The normalized spacial score (nSPS) is 13.7. The Hall–Kier alpha value is -1.41. The van der Waals surface area contributed by atoms with E-state index < -0.39 is 6.10 Å². The van der Waals surface area contributed by atoms with E-state index in [0.717, 1.165) is 31.4 Å². The Bertz CT molecular complexity index is 405. The lowest BCUT2D eigenvalue weighted by Crippen LogP contribution is -2.28. The summed E-state index contributed by atoms with van der Waals surface area (Å²) < 4.78 is 0. The Morgan fingerprint density at radius 3 is 2.45 bits per heavy atom. The molecule has 0 bridgehead atoms. The third-order valence-corrected chi connectivity index (χ3v) is 3.43. The summed E-state index contributed by atoms with van der Waals surface area (Å²) in [5, 5.41) is 31.0. The van der Waals surface area contributed by atoms with Gasteiger partial charge in [-0.2, -0.15) is 5.26 Å². The molecule has 0 aliphatic carbocycles. The van der Waals surface area contributed by atoms with Crippen molar-refractivity contribution in [2.75, 3.05) is 19.7 Å². The van der Waals surface area contributed by atoms with Crippen molar-refractivity contribution in [3.05, 3.63) is 35.4 Å². The van der Waals surface area contributed by atoms with E-state index in [1.807, 2.05) is 0 Å². The molecule has 0 aliphatic rings. The average molecular weight is 276 g/mol. The Kier molecular flexibility index (Phi) is 7.89. The molecule has 1 rings (SSSR count). The summed E-state index contributed by atoms with van der Waals surface area (Å²) in [4.78, 5) is 0. The van der Waals surface area contributed by atoms with Crippen LogP contribution in [-0.2, 0) is 0 Å². The quantitative estimate of drug-likeness (QED) is 0.644. The van der Waals surface area contributed by atoms with Crippen molar-refractivity contribution in [1.82, 2.24) is 5.32 Å². The van der Waals surface area contributed by atoms with Crippen LogP contribution in [0.25, 0.3) is 0 Å². The summed E-state index contributed by atoms with van der Waals surface area (Å²) in [6.07, 6.45) is 2.41. The molecule has 0 spiro atoms. The molecule has 0 heterocycles. The maximum atomic E-state index is 10.1. The Balaban J connectivity index is 2.38. The lowest BCUT2D eigenvalue weighted by atomic mass is 10.00. The fraction of sp³-hybridized carbons (Fsp3) is 0.562. The monoisotopic (exact) mass is 276 g/mol. The van der Waals surface area contributed by atoms with Gasteiger partial charge in [-0.05, 0) is 43.0 Å². The van der Waals surface area contributed by atoms with Crippen LogP contribution < -0.4 is 5.32 Å². The van der Waals surface area contributed by atoms with Crippen LogP contribution in [0.5, 0.6) is 0 Å². The van der Waals surface area contributed by atoms with Gasteiger partial charge in [0.15, 0.2) is 0 Å². The van der Waals surface area contributed by atoms with Crippen molar-refractivity contribution >= 4 is 0 Å². The molecule has 0 radical (unpaired) electrons. The minimum Gasteiger partial charge on any atom is -0.396 e. The zero-order valence-corrected chi connectivity index (χ0v) is 12.0. The number of benzene rings is 1. The topological polar surface area (TPSA) is 76.3 Å². The number of aliphatic hydroxyl groups excluding tert-OH is 2. The average Bonchev–Trinajstić information content (AvgIpc) is 2.47. The van der Waals surface area contributed by atoms with Gasteiger partial charge in [0.05, 0.1) is 17.7 Å². The smallest absolute Gasteiger partial charge is 0.0991 e. The molecule has 3 N–H and O–H groups in total. The summed E-state index contributed by atoms with van der Waals surface area (Å²) >= 11 is 0. The molecular formula is C16H24N2O2. The van der Waals surface area contributed by atoms with E-state index in [0.29, 0.717) is 18.0 Å². The summed E-state index contributed by atoms with van der Waals surface area (Å²) in [6.45, 7) is 3.64. The van der Waals surface area contributed by atoms with Crippen molar-refractivity contribution < 1.29 is 10.2 Å². The van der Waals surface area contributed by atoms with E-state index in [9.17, 15) is 5.11 Å². The van der Waals surface area contributed by atoms with Crippen LogP contribution >= 0.6 is 0 Å². The first-order valence-corrected chi connectivity index (χ1v) is 7.21. The van der Waals surface area contributed by atoms with E-state index >= 15 is 0 Å². The molecule has 1 aromatic rings. The van der Waals surface area contributed by atoms with Crippen molar-refractivity contribution in [1.29, 1.82) is 5.26 Å². The molecule has 20 heavy (non-hydrogen) atoms. The molecule has 1 aromatic carbocycles. The maximum absolute atomic E-state index is 10.1. The molecule has 0 saturated carbocycles. The highest BCUT2D eigenvalue weighted by molar-refractivity contribution is 5.32. The van der Waals surface area contributed by atoms with Crippen LogP contribution in [0.15, 0.2) is 24.3 Å². The Morgan fingerprint density at radius 1 is 1.20 bits per heavy atom. The SMILES string of the molecule is CCCC(CCO)CNCC(O)c1ccc(C#N)cc1. The summed E-state index contributed by atoms with van der Waals surface area (Å²) in [5.74, 6) is 0.457. The highest BCUT2D eigenvalue weighted by atomic mass is 16.3. The minimum atomic E-state index is -0.570. The van der Waals surface area contributed by atoms with Gasteiger partial charge in [-0.1, -0.05) is 25.5 Å². The molecule has 2 unspecified atom stereocenters. The zero-order valence-electron chi connectivity index (χ0n) is 12.0. The van der Waals surface area contributed by atoms with Crippen molar-refractivity contribution in [2.24, 2.45) is 5.92 Å². The van der Waals surface area contributed by atoms with Crippen molar-refractivity contribution in [3.63, 3.8) is 0 Å². The van der Waals surface area contributed by atoms with E-state index in [2.05, 4.69) is 18.3 Å². The number of rotatable bonds is 9. The van der Waals surface area contributed by atoms with Crippen LogP contribution in [0.3, 0.4) is 0 Å². The van der Waals surface area contributed by atoms with Gasteiger partial charge >= 0.3 is 0 Å². The van der Waals surface area contributed by atoms with Gasteiger partial charge in [-0.15, -0.1) is 0 Å². The highest BCUT2D eigenvalue weighted by Crippen LogP contribution is 2.14. The van der Waals surface area contributed by atoms with Crippen LogP contribution in [-0.4, -0.2) is 29.9 Å². The predicted octanol–water partition coefficient (Wildman–Crippen LogP) is 1.98. The Morgan fingerprint density at radius 2 is 1.90 bits per heavy atom. The molecule has 0 fully saturated rings. The minimum absolute atomic E-state index is 0.213. The molecule has 4 heteroatoms.